The highest BCUT2D eigenvalue weighted by molar-refractivity contribution is 4.67. The summed E-state index contributed by atoms with van der Waals surface area (Å²) in [5, 5.41) is 17.6. The van der Waals surface area contributed by atoms with E-state index in [-0.39, 0.29) is 0 Å². The van der Waals surface area contributed by atoms with Crippen LogP contribution in [0.25, 0.3) is 0 Å². The van der Waals surface area contributed by atoms with Crippen molar-refractivity contribution >= 4 is 0 Å². The minimum atomic E-state index is -0.413. The van der Waals surface area contributed by atoms with Gasteiger partial charge in [0, 0.05) is 6.20 Å². The van der Waals surface area contributed by atoms with Gasteiger partial charge in [-0.1, -0.05) is 11.8 Å². The number of hydrogen-bond donors (Lipinski definition) is 1. The summed E-state index contributed by atoms with van der Waals surface area (Å²) in [7, 11) is 1.57. The van der Waals surface area contributed by atoms with Crippen molar-refractivity contribution in [2.45, 2.75) is 13.0 Å². The van der Waals surface area contributed by atoms with Crippen molar-refractivity contribution in [3.8, 4) is 0 Å². The standard InChI is InChI=1S/C6H13N3O/c1-4-9(8-7-3)5-6(2)10/h4,6,10H,1,5H2,2-3H3. The van der Waals surface area contributed by atoms with E-state index in [1.54, 1.807) is 14.0 Å². The highest BCUT2D eigenvalue weighted by Crippen LogP contribution is 1.93. The summed E-state index contributed by atoms with van der Waals surface area (Å²) in [6, 6.07) is 0. The van der Waals surface area contributed by atoms with E-state index in [1.807, 2.05) is 0 Å². The van der Waals surface area contributed by atoms with Crippen LogP contribution in [0.2, 0.25) is 0 Å². The van der Waals surface area contributed by atoms with Crippen LogP contribution in [-0.4, -0.2) is 29.8 Å². The van der Waals surface area contributed by atoms with E-state index < -0.39 is 6.10 Å². The number of rotatable bonds is 4. The van der Waals surface area contributed by atoms with Crippen LogP contribution in [-0.2, 0) is 0 Å². The Morgan fingerprint density at radius 3 is 2.70 bits per heavy atom. The molecule has 1 atom stereocenters. The molecule has 0 rings (SSSR count). The average molecular weight is 143 g/mol. The molecular weight excluding hydrogens is 130 g/mol. The predicted octanol–water partition coefficient (Wildman–Crippen LogP) is 0.810. The smallest absolute Gasteiger partial charge is 0.0708 e. The molecule has 0 heterocycles. The van der Waals surface area contributed by atoms with Gasteiger partial charge in [0.1, 0.15) is 0 Å². The van der Waals surface area contributed by atoms with Gasteiger partial charge in [0.25, 0.3) is 0 Å². The van der Waals surface area contributed by atoms with Crippen molar-refractivity contribution in [2.24, 2.45) is 10.3 Å². The molecule has 0 aliphatic rings. The minimum Gasteiger partial charge on any atom is -0.391 e. The normalized spacial score (nSPS) is 13.5. The van der Waals surface area contributed by atoms with Gasteiger partial charge in [0.15, 0.2) is 0 Å². The summed E-state index contributed by atoms with van der Waals surface area (Å²) in [6.45, 7) is 5.61. The van der Waals surface area contributed by atoms with Gasteiger partial charge < -0.3 is 5.11 Å². The van der Waals surface area contributed by atoms with E-state index in [9.17, 15) is 0 Å². The van der Waals surface area contributed by atoms with Crippen LogP contribution in [0.4, 0.5) is 0 Å². The minimum absolute atomic E-state index is 0.413. The van der Waals surface area contributed by atoms with Crippen LogP contribution in [0.15, 0.2) is 23.1 Å². The summed E-state index contributed by atoms with van der Waals surface area (Å²) in [5.74, 6) is 0. The van der Waals surface area contributed by atoms with Crippen LogP contribution in [0.3, 0.4) is 0 Å². The van der Waals surface area contributed by atoms with Crippen LogP contribution >= 0.6 is 0 Å². The van der Waals surface area contributed by atoms with Gasteiger partial charge in [0.2, 0.25) is 0 Å². The topological polar surface area (TPSA) is 48.2 Å². The third-order valence-electron chi connectivity index (χ3n) is 0.866. The van der Waals surface area contributed by atoms with Crippen molar-refractivity contribution in [3.63, 3.8) is 0 Å². The molecule has 0 fully saturated rings. The quantitative estimate of drug-likeness (QED) is 0.467. The Morgan fingerprint density at radius 1 is 1.80 bits per heavy atom. The molecule has 0 aromatic heterocycles. The monoisotopic (exact) mass is 143 g/mol. The number of nitrogens with zero attached hydrogens (tertiary/aromatic N) is 3. The predicted molar refractivity (Wildman–Crippen MR) is 39.4 cm³/mol. The SMILES string of the molecule is C=CN(CC(C)O)N=NC. The third-order valence-corrected chi connectivity index (χ3v) is 0.866. The fraction of sp³-hybridized carbons (Fsp3) is 0.667. The van der Waals surface area contributed by atoms with Gasteiger partial charge >= 0.3 is 0 Å². The zero-order valence-corrected chi connectivity index (χ0v) is 6.36. The first kappa shape index (κ1) is 9.10. The van der Waals surface area contributed by atoms with Gasteiger partial charge in [-0.2, -0.15) is 5.11 Å². The molecule has 0 amide bonds. The lowest BCUT2D eigenvalue weighted by atomic mass is 10.4. The van der Waals surface area contributed by atoms with Gasteiger partial charge in [-0.25, -0.2) is 0 Å². The summed E-state index contributed by atoms with van der Waals surface area (Å²) in [5.41, 5.74) is 0. The first-order chi connectivity index (χ1) is 4.70. The Kier molecular flexibility index (Phi) is 4.49. The maximum absolute atomic E-state index is 8.89. The van der Waals surface area contributed by atoms with Crippen LogP contribution in [0, 0.1) is 0 Å². The number of aliphatic hydroxyl groups excluding tert-OH is 1. The van der Waals surface area contributed by atoms with E-state index in [4.69, 9.17) is 5.11 Å². The molecule has 58 valence electrons. The maximum Gasteiger partial charge on any atom is 0.0708 e. The van der Waals surface area contributed by atoms with Crippen LogP contribution < -0.4 is 0 Å². The van der Waals surface area contributed by atoms with E-state index in [2.05, 4.69) is 16.9 Å². The summed E-state index contributed by atoms with van der Waals surface area (Å²) >= 11 is 0. The van der Waals surface area contributed by atoms with Crippen molar-refractivity contribution in [2.75, 3.05) is 13.6 Å². The summed E-state index contributed by atoms with van der Waals surface area (Å²) < 4.78 is 0. The third kappa shape index (κ3) is 4.03. The van der Waals surface area contributed by atoms with Crippen molar-refractivity contribution in [1.29, 1.82) is 0 Å². The molecule has 1 N–H and O–H groups in total. The molecule has 0 spiro atoms. The molecule has 0 radical (unpaired) electrons. The van der Waals surface area contributed by atoms with Gasteiger partial charge in [-0.05, 0) is 6.92 Å². The summed E-state index contributed by atoms with van der Waals surface area (Å²) in [4.78, 5) is 0. The van der Waals surface area contributed by atoms with E-state index in [0.717, 1.165) is 0 Å². The lowest BCUT2D eigenvalue weighted by Crippen LogP contribution is -2.20. The Balaban J connectivity index is 3.71. The second-order valence-electron chi connectivity index (χ2n) is 1.94. The molecule has 0 bridgehead atoms. The first-order valence-electron chi connectivity index (χ1n) is 3.07. The molecular formula is C6H13N3O. The van der Waals surface area contributed by atoms with Gasteiger partial charge in [0.05, 0.1) is 19.7 Å². The highest BCUT2D eigenvalue weighted by atomic mass is 16.3. The number of hydrogen-bond acceptors (Lipinski definition) is 3. The molecule has 0 aliphatic heterocycles. The van der Waals surface area contributed by atoms with E-state index >= 15 is 0 Å². The Labute approximate surface area is 60.8 Å². The lowest BCUT2D eigenvalue weighted by molar-refractivity contribution is 0.149. The Bertz CT molecular complexity index is 122. The molecule has 4 nitrogen and oxygen atoms in total. The Morgan fingerprint density at radius 2 is 2.40 bits per heavy atom. The van der Waals surface area contributed by atoms with Crippen LogP contribution in [0.5, 0.6) is 0 Å². The van der Waals surface area contributed by atoms with Crippen molar-refractivity contribution < 1.29 is 5.11 Å². The van der Waals surface area contributed by atoms with Crippen molar-refractivity contribution in [3.05, 3.63) is 12.8 Å². The van der Waals surface area contributed by atoms with E-state index in [1.165, 1.54) is 11.2 Å². The summed E-state index contributed by atoms with van der Waals surface area (Å²) in [6.07, 6.45) is 1.10. The van der Waals surface area contributed by atoms with Crippen LogP contribution in [0.1, 0.15) is 6.92 Å². The second kappa shape index (κ2) is 4.93. The molecule has 4 heteroatoms. The van der Waals surface area contributed by atoms with E-state index in [0.29, 0.717) is 6.54 Å². The number of aliphatic hydroxyl groups is 1. The molecule has 10 heavy (non-hydrogen) atoms. The highest BCUT2D eigenvalue weighted by Gasteiger charge is 1.99. The van der Waals surface area contributed by atoms with Gasteiger partial charge in [-0.3, -0.25) is 5.01 Å². The van der Waals surface area contributed by atoms with Gasteiger partial charge in [-0.15, -0.1) is 0 Å². The zero-order valence-electron chi connectivity index (χ0n) is 6.36. The largest absolute Gasteiger partial charge is 0.391 e. The lowest BCUT2D eigenvalue weighted by Gasteiger charge is -2.12. The first-order valence-corrected chi connectivity index (χ1v) is 3.07. The molecule has 0 saturated carbocycles. The molecule has 0 aromatic carbocycles. The second-order valence-corrected chi connectivity index (χ2v) is 1.94. The molecule has 1 unspecified atom stereocenters. The molecule has 0 aliphatic carbocycles. The van der Waals surface area contributed by atoms with Crippen molar-refractivity contribution in [1.82, 2.24) is 5.01 Å². The molecule has 0 saturated heterocycles. The zero-order chi connectivity index (χ0) is 7.98. The maximum atomic E-state index is 8.89. The fourth-order valence-corrected chi connectivity index (χ4v) is 0.533. The fourth-order valence-electron chi connectivity index (χ4n) is 0.533. The average Bonchev–Trinajstić information content (AvgIpc) is 1.86. The molecule has 0 aromatic rings. The Hall–Kier alpha value is -0.900.